The van der Waals surface area contributed by atoms with E-state index in [1.165, 1.54) is 14.0 Å². The fraction of sp³-hybridized carbons (Fsp3) is 0.385. The first-order valence-corrected chi connectivity index (χ1v) is 7.90. The van der Waals surface area contributed by atoms with Crippen LogP contribution in [0.1, 0.15) is 29.5 Å². The van der Waals surface area contributed by atoms with Crippen LogP contribution >= 0.6 is 0 Å². The Labute approximate surface area is 128 Å². The molecule has 0 saturated heterocycles. The van der Waals surface area contributed by atoms with Gasteiger partial charge in [0.05, 0.1) is 5.56 Å². The van der Waals surface area contributed by atoms with Crippen molar-refractivity contribution in [3.05, 3.63) is 29.5 Å². The molecule has 1 amide bonds. The summed E-state index contributed by atoms with van der Waals surface area (Å²) < 4.78 is 30.4. The van der Waals surface area contributed by atoms with Crippen molar-refractivity contribution in [2.45, 2.75) is 31.4 Å². The number of allylic oxidation sites excluding steroid dienone is 1. The van der Waals surface area contributed by atoms with Gasteiger partial charge in [-0.05, 0) is 27.3 Å². The van der Waals surface area contributed by atoms with Gasteiger partial charge < -0.3 is 14.8 Å². The van der Waals surface area contributed by atoms with Gasteiger partial charge in [0.2, 0.25) is 5.09 Å². The van der Waals surface area contributed by atoms with Gasteiger partial charge in [-0.25, -0.2) is 17.9 Å². The maximum absolute atomic E-state index is 12.1. The lowest BCUT2D eigenvalue weighted by atomic mass is 10.1. The largest absolute Gasteiger partial charge is 0.480 e. The Morgan fingerprint density at radius 3 is 2.59 bits per heavy atom. The number of furan rings is 1. The molecule has 8 nitrogen and oxygen atoms in total. The maximum atomic E-state index is 12.1. The van der Waals surface area contributed by atoms with Crippen LogP contribution in [0.25, 0.3) is 0 Å². The number of carbonyl (C=O) groups excluding carboxylic acids is 1. The van der Waals surface area contributed by atoms with E-state index in [1.54, 1.807) is 19.1 Å². The molecule has 0 aliphatic rings. The van der Waals surface area contributed by atoms with Gasteiger partial charge in [0.15, 0.2) is 0 Å². The van der Waals surface area contributed by atoms with Crippen molar-refractivity contribution < 1.29 is 27.5 Å². The van der Waals surface area contributed by atoms with E-state index in [-0.39, 0.29) is 17.7 Å². The molecule has 0 radical (unpaired) electrons. The highest BCUT2D eigenvalue weighted by Gasteiger charge is 2.25. The van der Waals surface area contributed by atoms with E-state index in [0.29, 0.717) is 0 Å². The van der Waals surface area contributed by atoms with E-state index in [2.05, 4.69) is 10.0 Å². The average Bonchev–Trinajstić information content (AvgIpc) is 2.85. The summed E-state index contributed by atoms with van der Waals surface area (Å²) in [5.41, 5.74) is -0.0273. The fourth-order valence-corrected chi connectivity index (χ4v) is 2.35. The Balaban J connectivity index is 3.01. The molecule has 1 aromatic heterocycles. The summed E-state index contributed by atoms with van der Waals surface area (Å²) in [6.07, 6.45) is 3.40. The normalized spacial score (nSPS) is 13.2. The number of nitrogens with one attached hydrogen (secondary N) is 2. The third-order valence-electron chi connectivity index (χ3n) is 2.88. The Morgan fingerprint density at radius 2 is 2.09 bits per heavy atom. The maximum Gasteiger partial charge on any atom is 0.326 e. The van der Waals surface area contributed by atoms with Crippen molar-refractivity contribution in [3.63, 3.8) is 0 Å². The molecule has 1 atom stereocenters. The van der Waals surface area contributed by atoms with Crippen LogP contribution < -0.4 is 10.0 Å². The van der Waals surface area contributed by atoms with Gasteiger partial charge in [0.25, 0.3) is 15.9 Å². The highest BCUT2D eigenvalue weighted by atomic mass is 32.2. The molecule has 0 spiro atoms. The molecule has 0 saturated carbocycles. The van der Waals surface area contributed by atoms with Crippen molar-refractivity contribution in [1.82, 2.24) is 10.0 Å². The fourth-order valence-electron chi connectivity index (χ4n) is 1.64. The summed E-state index contributed by atoms with van der Waals surface area (Å²) >= 11 is 0. The zero-order chi connectivity index (χ0) is 16.9. The summed E-state index contributed by atoms with van der Waals surface area (Å²) in [6.45, 7) is 3.15. The van der Waals surface area contributed by atoms with Crippen molar-refractivity contribution >= 4 is 21.9 Å². The number of aryl methyl sites for hydroxylation is 1. The minimum atomic E-state index is -3.82. The number of hydrogen-bond acceptors (Lipinski definition) is 5. The molecule has 122 valence electrons. The van der Waals surface area contributed by atoms with Gasteiger partial charge in [-0.1, -0.05) is 12.2 Å². The van der Waals surface area contributed by atoms with Crippen LogP contribution in [-0.2, 0) is 14.8 Å². The Kier molecular flexibility index (Phi) is 5.89. The number of amides is 1. The van der Waals surface area contributed by atoms with Crippen LogP contribution in [0.3, 0.4) is 0 Å². The lowest BCUT2D eigenvalue weighted by molar-refractivity contribution is -0.139. The monoisotopic (exact) mass is 330 g/mol. The van der Waals surface area contributed by atoms with Crippen LogP contribution in [0.15, 0.2) is 27.7 Å². The minimum absolute atomic E-state index is 0.0273. The molecule has 3 N–H and O–H groups in total. The lowest BCUT2D eigenvalue weighted by Crippen LogP contribution is -2.40. The molecule has 1 rings (SSSR count). The van der Waals surface area contributed by atoms with Crippen molar-refractivity contribution in [2.75, 3.05) is 7.05 Å². The second kappa shape index (κ2) is 7.23. The minimum Gasteiger partial charge on any atom is -0.480 e. The topological polar surface area (TPSA) is 126 Å². The molecule has 0 aliphatic heterocycles. The number of carboxylic acids is 1. The second-order valence-electron chi connectivity index (χ2n) is 4.41. The number of aliphatic carboxylic acids is 1. The van der Waals surface area contributed by atoms with Gasteiger partial charge in [-0.3, -0.25) is 4.79 Å². The first-order chi connectivity index (χ1) is 10.2. The van der Waals surface area contributed by atoms with E-state index >= 15 is 0 Å². The standard InChI is InChI=1S/C13H18N2O6S/c1-4-5-6-10(13(17)18)15-12(16)9-7-11(21-8(9)2)22(19,20)14-3/h4-5,7,10,14H,6H2,1-3H3,(H,15,16)(H,17,18)/b5-4+. The van der Waals surface area contributed by atoms with E-state index in [1.807, 2.05) is 0 Å². The summed E-state index contributed by atoms with van der Waals surface area (Å²) in [4.78, 5) is 23.2. The van der Waals surface area contributed by atoms with Crippen LogP contribution in [0.5, 0.6) is 0 Å². The lowest BCUT2D eigenvalue weighted by Gasteiger charge is -2.11. The summed E-state index contributed by atoms with van der Waals surface area (Å²) in [7, 11) is -2.60. The molecule has 0 aliphatic carbocycles. The summed E-state index contributed by atoms with van der Waals surface area (Å²) in [6, 6.07) is -0.0483. The smallest absolute Gasteiger partial charge is 0.326 e. The van der Waals surface area contributed by atoms with Gasteiger partial charge in [0, 0.05) is 6.07 Å². The van der Waals surface area contributed by atoms with Crippen LogP contribution in [0, 0.1) is 6.92 Å². The highest BCUT2D eigenvalue weighted by Crippen LogP contribution is 2.19. The zero-order valence-electron chi connectivity index (χ0n) is 12.4. The number of rotatable bonds is 7. The van der Waals surface area contributed by atoms with Gasteiger partial charge >= 0.3 is 5.97 Å². The van der Waals surface area contributed by atoms with Gasteiger partial charge in [-0.2, -0.15) is 0 Å². The van der Waals surface area contributed by atoms with Crippen LogP contribution in [0.2, 0.25) is 0 Å². The highest BCUT2D eigenvalue weighted by molar-refractivity contribution is 7.89. The molecular weight excluding hydrogens is 312 g/mol. The molecular formula is C13H18N2O6S. The van der Waals surface area contributed by atoms with E-state index in [4.69, 9.17) is 9.52 Å². The Hall–Kier alpha value is -2.13. The second-order valence-corrected chi connectivity index (χ2v) is 6.23. The molecule has 22 heavy (non-hydrogen) atoms. The van der Waals surface area contributed by atoms with Crippen molar-refractivity contribution in [1.29, 1.82) is 0 Å². The Bertz CT molecular complexity index is 689. The van der Waals surface area contributed by atoms with E-state index < -0.39 is 33.0 Å². The number of sulfonamides is 1. The third kappa shape index (κ3) is 4.18. The average molecular weight is 330 g/mol. The quantitative estimate of drug-likeness (QED) is 0.630. The zero-order valence-corrected chi connectivity index (χ0v) is 13.2. The Morgan fingerprint density at radius 1 is 1.45 bits per heavy atom. The van der Waals surface area contributed by atoms with Gasteiger partial charge in [0.1, 0.15) is 11.8 Å². The predicted molar refractivity (Wildman–Crippen MR) is 78.0 cm³/mol. The summed E-state index contributed by atoms with van der Waals surface area (Å²) in [5, 5.41) is 11.0. The summed E-state index contributed by atoms with van der Waals surface area (Å²) in [5.74, 6) is -1.81. The molecule has 0 aromatic carbocycles. The SMILES string of the molecule is C/C=C/CC(NC(=O)c1cc(S(=O)(=O)NC)oc1C)C(=O)O. The number of hydrogen-bond donors (Lipinski definition) is 3. The number of carboxylic acid groups (broad SMARTS) is 1. The molecule has 1 heterocycles. The first-order valence-electron chi connectivity index (χ1n) is 6.41. The number of carbonyl (C=O) groups is 2. The van der Waals surface area contributed by atoms with Crippen LogP contribution in [-0.4, -0.2) is 38.5 Å². The van der Waals surface area contributed by atoms with E-state index in [9.17, 15) is 18.0 Å². The van der Waals surface area contributed by atoms with Gasteiger partial charge in [-0.15, -0.1) is 0 Å². The molecule has 0 fully saturated rings. The third-order valence-corrected chi connectivity index (χ3v) is 4.15. The molecule has 9 heteroatoms. The molecule has 1 aromatic rings. The molecule has 1 unspecified atom stereocenters. The van der Waals surface area contributed by atoms with E-state index in [0.717, 1.165) is 6.07 Å². The first kappa shape index (κ1) is 17.9. The van der Waals surface area contributed by atoms with Crippen molar-refractivity contribution in [2.24, 2.45) is 0 Å². The predicted octanol–water partition coefficient (Wildman–Crippen LogP) is 0.645. The van der Waals surface area contributed by atoms with Crippen molar-refractivity contribution in [3.8, 4) is 0 Å². The molecule has 0 bridgehead atoms. The van der Waals surface area contributed by atoms with Crippen LogP contribution in [0.4, 0.5) is 0 Å².